The predicted molar refractivity (Wildman–Crippen MR) is 93.8 cm³/mol. The van der Waals surface area contributed by atoms with E-state index in [-0.39, 0.29) is 29.9 Å². The molecule has 132 valence electrons. The van der Waals surface area contributed by atoms with Crippen LogP contribution < -0.4 is 4.65 Å². The number of carboxylic acids is 1. The van der Waals surface area contributed by atoms with Crippen molar-refractivity contribution in [2.45, 2.75) is 18.7 Å². The summed E-state index contributed by atoms with van der Waals surface area (Å²) in [4.78, 5) is 23.8. The minimum absolute atomic E-state index is 0.0341. The van der Waals surface area contributed by atoms with Gasteiger partial charge in [-0.3, -0.25) is 4.79 Å². The van der Waals surface area contributed by atoms with Crippen LogP contribution in [0, 0.1) is 0 Å². The minimum atomic E-state index is -1.33. The Kier molecular flexibility index (Phi) is 5.04. The standard InChI is InChI=1S/C18H16BNO6/c21-15(16(20-25)11-5-2-1-3-6-11)10-13-9-12-7-4-8-14(18(22)23)17(12)26-19(13)24/h1-8,13,24-25H,9-10H2,(H,22,23)/b20-16-/t13-/m1/s1. The molecule has 26 heavy (non-hydrogen) atoms. The number of fused-ring (bicyclic) bond motifs is 1. The molecule has 0 saturated carbocycles. The van der Waals surface area contributed by atoms with Crippen LogP contribution in [0.25, 0.3) is 0 Å². The lowest BCUT2D eigenvalue weighted by atomic mass is 9.64. The summed E-state index contributed by atoms with van der Waals surface area (Å²) in [5, 5.41) is 31.7. The van der Waals surface area contributed by atoms with E-state index in [1.807, 2.05) is 0 Å². The molecule has 0 fully saturated rings. The van der Waals surface area contributed by atoms with Gasteiger partial charge in [0, 0.05) is 17.8 Å². The van der Waals surface area contributed by atoms with Crippen molar-refractivity contribution >= 4 is 24.6 Å². The fraction of sp³-hybridized carbons (Fsp3) is 0.167. The Morgan fingerprint density at radius 2 is 1.88 bits per heavy atom. The molecule has 3 N–H and O–H groups in total. The predicted octanol–water partition coefficient (Wildman–Crippen LogP) is 2.01. The van der Waals surface area contributed by atoms with Crippen molar-refractivity contribution < 1.29 is 29.6 Å². The number of ketones is 1. The molecule has 1 atom stereocenters. The van der Waals surface area contributed by atoms with E-state index in [9.17, 15) is 24.9 Å². The van der Waals surface area contributed by atoms with E-state index < -0.39 is 24.7 Å². The van der Waals surface area contributed by atoms with Gasteiger partial charge in [0.25, 0.3) is 0 Å². The zero-order chi connectivity index (χ0) is 18.7. The monoisotopic (exact) mass is 353 g/mol. The smallest absolute Gasteiger partial charge is 0.526 e. The number of Topliss-reactive ketones (excluding diaryl/α,β-unsaturated/α-hetero) is 1. The van der Waals surface area contributed by atoms with E-state index in [0.717, 1.165) is 0 Å². The lowest BCUT2D eigenvalue weighted by Gasteiger charge is -2.28. The Morgan fingerprint density at radius 1 is 1.15 bits per heavy atom. The van der Waals surface area contributed by atoms with Gasteiger partial charge in [-0.15, -0.1) is 0 Å². The molecule has 2 aromatic carbocycles. The van der Waals surface area contributed by atoms with Gasteiger partial charge < -0.3 is 20.0 Å². The van der Waals surface area contributed by atoms with Gasteiger partial charge in [0.15, 0.2) is 11.5 Å². The summed E-state index contributed by atoms with van der Waals surface area (Å²) in [5.41, 5.74) is 0.950. The van der Waals surface area contributed by atoms with Crippen molar-refractivity contribution in [2.75, 3.05) is 0 Å². The fourth-order valence-corrected chi connectivity index (χ4v) is 3.03. The summed E-state index contributed by atoms with van der Waals surface area (Å²) in [6.07, 6.45) is 0.170. The summed E-state index contributed by atoms with van der Waals surface area (Å²) in [6.45, 7) is 0. The third kappa shape index (κ3) is 3.45. The Morgan fingerprint density at radius 3 is 2.54 bits per heavy atom. The third-order valence-corrected chi connectivity index (χ3v) is 4.31. The molecule has 1 aliphatic rings. The second-order valence-corrected chi connectivity index (χ2v) is 6.01. The summed E-state index contributed by atoms with van der Waals surface area (Å²) in [6, 6.07) is 13.2. The first-order valence-corrected chi connectivity index (χ1v) is 8.02. The highest BCUT2D eigenvalue weighted by molar-refractivity contribution is 6.51. The van der Waals surface area contributed by atoms with Crippen LogP contribution in [-0.2, 0) is 11.2 Å². The first kappa shape index (κ1) is 17.7. The highest BCUT2D eigenvalue weighted by Crippen LogP contribution is 2.36. The molecule has 0 saturated heterocycles. The quantitative estimate of drug-likeness (QED) is 0.328. The molecule has 0 bridgehead atoms. The van der Waals surface area contributed by atoms with Crippen molar-refractivity contribution in [3.05, 3.63) is 65.2 Å². The number of rotatable bonds is 5. The molecular formula is C18H16BNO6. The number of para-hydroxylation sites is 1. The molecule has 2 aromatic rings. The van der Waals surface area contributed by atoms with E-state index in [1.54, 1.807) is 42.5 Å². The highest BCUT2D eigenvalue weighted by Gasteiger charge is 2.38. The van der Waals surface area contributed by atoms with Gasteiger partial charge in [-0.25, -0.2) is 4.79 Å². The van der Waals surface area contributed by atoms with Gasteiger partial charge in [0.05, 0.1) is 5.56 Å². The van der Waals surface area contributed by atoms with E-state index in [4.69, 9.17) is 4.65 Å². The molecule has 0 spiro atoms. The topological polar surface area (TPSA) is 116 Å². The van der Waals surface area contributed by atoms with Crippen LogP contribution in [0.3, 0.4) is 0 Å². The van der Waals surface area contributed by atoms with Crippen LogP contribution in [-0.4, -0.2) is 39.9 Å². The zero-order valence-electron chi connectivity index (χ0n) is 13.7. The van der Waals surface area contributed by atoms with Crippen molar-refractivity contribution in [2.24, 2.45) is 5.16 Å². The lowest BCUT2D eigenvalue weighted by molar-refractivity contribution is -0.113. The van der Waals surface area contributed by atoms with E-state index in [1.165, 1.54) is 6.07 Å². The van der Waals surface area contributed by atoms with Crippen LogP contribution in [0.4, 0.5) is 0 Å². The number of hydrogen-bond acceptors (Lipinski definition) is 6. The number of oxime groups is 1. The Hall–Kier alpha value is -3.13. The van der Waals surface area contributed by atoms with Crippen molar-refractivity contribution in [3.8, 4) is 5.75 Å². The molecule has 0 radical (unpaired) electrons. The first-order valence-electron chi connectivity index (χ1n) is 8.02. The number of hydrogen-bond donors (Lipinski definition) is 3. The highest BCUT2D eigenvalue weighted by atomic mass is 16.5. The van der Waals surface area contributed by atoms with Crippen LogP contribution >= 0.6 is 0 Å². The zero-order valence-corrected chi connectivity index (χ0v) is 13.7. The summed E-state index contributed by atoms with van der Waals surface area (Å²) < 4.78 is 5.38. The Balaban J connectivity index is 1.80. The van der Waals surface area contributed by atoms with Gasteiger partial charge in [-0.1, -0.05) is 47.6 Å². The summed E-state index contributed by atoms with van der Waals surface area (Å²) in [5.74, 6) is -2.05. The molecule has 8 heteroatoms. The average Bonchev–Trinajstić information content (AvgIpc) is 2.63. The van der Waals surface area contributed by atoms with Crippen molar-refractivity contribution in [1.29, 1.82) is 0 Å². The van der Waals surface area contributed by atoms with E-state index in [2.05, 4.69) is 5.16 Å². The number of aromatic carboxylic acids is 1. The largest absolute Gasteiger partial charge is 0.535 e. The van der Waals surface area contributed by atoms with Crippen LogP contribution in [0.15, 0.2) is 53.7 Å². The van der Waals surface area contributed by atoms with E-state index >= 15 is 0 Å². The molecule has 0 amide bonds. The molecule has 3 rings (SSSR count). The van der Waals surface area contributed by atoms with Crippen LogP contribution in [0.1, 0.15) is 27.9 Å². The molecule has 1 heterocycles. The molecule has 0 unspecified atom stereocenters. The number of carbonyl (C=O) groups is 2. The molecule has 0 aliphatic carbocycles. The molecule has 0 aromatic heterocycles. The number of carboxylic acid groups (broad SMARTS) is 1. The van der Waals surface area contributed by atoms with Crippen molar-refractivity contribution in [3.63, 3.8) is 0 Å². The molecule has 1 aliphatic heterocycles. The Labute approximate surface area is 149 Å². The average molecular weight is 353 g/mol. The normalized spacial score (nSPS) is 16.6. The maximum absolute atomic E-state index is 12.5. The van der Waals surface area contributed by atoms with E-state index in [0.29, 0.717) is 11.1 Å². The third-order valence-electron chi connectivity index (χ3n) is 4.31. The summed E-state index contributed by atoms with van der Waals surface area (Å²) in [7, 11) is -1.33. The maximum atomic E-state index is 12.5. The van der Waals surface area contributed by atoms with Crippen LogP contribution in [0.5, 0.6) is 5.75 Å². The number of carbonyl (C=O) groups excluding carboxylic acids is 1. The van der Waals surface area contributed by atoms with Gasteiger partial charge >= 0.3 is 13.1 Å². The lowest BCUT2D eigenvalue weighted by Crippen LogP contribution is -2.36. The first-order chi connectivity index (χ1) is 12.5. The fourth-order valence-electron chi connectivity index (χ4n) is 3.03. The van der Waals surface area contributed by atoms with Crippen LogP contribution in [0.2, 0.25) is 5.82 Å². The number of nitrogens with zero attached hydrogens (tertiary/aromatic N) is 1. The second kappa shape index (κ2) is 7.41. The summed E-state index contributed by atoms with van der Waals surface area (Å²) >= 11 is 0. The Bertz CT molecular complexity index is 867. The van der Waals surface area contributed by atoms with Gasteiger partial charge in [-0.2, -0.15) is 0 Å². The van der Waals surface area contributed by atoms with Gasteiger partial charge in [0.1, 0.15) is 5.75 Å². The van der Waals surface area contributed by atoms with Gasteiger partial charge in [0.2, 0.25) is 0 Å². The van der Waals surface area contributed by atoms with Gasteiger partial charge in [-0.05, 0) is 18.1 Å². The molecule has 7 nitrogen and oxygen atoms in total. The molecular weight excluding hydrogens is 337 g/mol. The SMILES string of the molecule is O=C(C[C@H]1Cc2cccc(C(=O)O)c2OB1O)/C(=N\O)c1ccccc1. The van der Waals surface area contributed by atoms with Crippen molar-refractivity contribution in [1.82, 2.24) is 0 Å². The minimum Gasteiger partial charge on any atom is -0.535 e. The number of benzene rings is 2. The second-order valence-electron chi connectivity index (χ2n) is 6.01. The maximum Gasteiger partial charge on any atom is 0.526 e.